The molecule has 18 heavy (non-hydrogen) atoms. The minimum Gasteiger partial charge on any atom is -0.374 e. The lowest BCUT2D eigenvalue weighted by Gasteiger charge is -2.28. The number of rotatable bonds is 5. The number of hydrogen-bond acceptors (Lipinski definition) is 4. The zero-order chi connectivity index (χ0) is 13.0. The van der Waals surface area contributed by atoms with E-state index in [2.05, 4.69) is 22.4 Å². The van der Waals surface area contributed by atoms with Crippen LogP contribution in [0.3, 0.4) is 0 Å². The van der Waals surface area contributed by atoms with E-state index in [1.807, 2.05) is 0 Å². The van der Waals surface area contributed by atoms with E-state index in [0.717, 1.165) is 18.8 Å². The molecule has 1 aliphatic carbocycles. The van der Waals surface area contributed by atoms with Crippen LogP contribution in [-0.4, -0.2) is 21.2 Å². The fourth-order valence-corrected chi connectivity index (χ4v) is 2.75. The van der Waals surface area contributed by atoms with Gasteiger partial charge in [-0.3, -0.25) is 0 Å². The van der Waals surface area contributed by atoms with Crippen molar-refractivity contribution in [2.45, 2.75) is 51.5 Å². The predicted octanol–water partition coefficient (Wildman–Crippen LogP) is 3.09. The monoisotopic (exact) mass is 252 g/mol. The fourth-order valence-electron chi connectivity index (χ4n) is 2.75. The standard InChI is InChI=1S/C12H20N4O2/c1-2-3-9-4-6-10(7-5-9)14-11-8-13-15-12(11)16(17)18/h8-10,14H,2-7H2,1H3,(H,13,15). The van der Waals surface area contributed by atoms with Crippen LogP contribution in [0, 0.1) is 16.0 Å². The first-order valence-corrected chi connectivity index (χ1v) is 6.65. The molecule has 0 bridgehead atoms. The highest BCUT2D eigenvalue weighted by Crippen LogP contribution is 2.31. The summed E-state index contributed by atoms with van der Waals surface area (Å²) in [6, 6.07) is 0.342. The molecule has 1 saturated carbocycles. The van der Waals surface area contributed by atoms with Crippen molar-refractivity contribution in [3.63, 3.8) is 0 Å². The van der Waals surface area contributed by atoms with E-state index in [1.54, 1.807) is 0 Å². The first-order chi connectivity index (χ1) is 8.70. The lowest BCUT2D eigenvalue weighted by molar-refractivity contribution is -0.388. The Morgan fingerprint density at radius 3 is 2.83 bits per heavy atom. The summed E-state index contributed by atoms with van der Waals surface area (Å²) in [4.78, 5) is 10.3. The first kappa shape index (κ1) is 12.9. The Balaban J connectivity index is 1.88. The summed E-state index contributed by atoms with van der Waals surface area (Å²) >= 11 is 0. The third kappa shape index (κ3) is 3.00. The number of H-pyrrole nitrogens is 1. The van der Waals surface area contributed by atoms with E-state index < -0.39 is 4.92 Å². The highest BCUT2D eigenvalue weighted by molar-refractivity contribution is 5.56. The van der Waals surface area contributed by atoms with Gasteiger partial charge in [-0.2, -0.15) is 0 Å². The number of nitro groups is 1. The van der Waals surface area contributed by atoms with E-state index in [9.17, 15) is 10.1 Å². The van der Waals surface area contributed by atoms with Gasteiger partial charge in [0, 0.05) is 6.04 Å². The molecule has 2 rings (SSSR count). The SMILES string of the molecule is CCCC1CCC(Nc2cn[nH]c2[N+](=O)[O-])CC1. The highest BCUT2D eigenvalue weighted by Gasteiger charge is 2.23. The summed E-state index contributed by atoms with van der Waals surface area (Å²) in [5.41, 5.74) is 0.513. The summed E-state index contributed by atoms with van der Waals surface area (Å²) in [6.07, 6.45) is 8.67. The lowest BCUT2D eigenvalue weighted by Crippen LogP contribution is -2.26. The summed E-state index contributed by atoms with van der Waals surface area (Å²) in [7, 11) is 0. The highest BCUT2D eigenvalue weighted by atomic mass is 16.6. The second-order valence-corrected chi connectivity index (χ2v) is 5.04. The topological polar surface area (TPSA) is 83.8 Å². The summed E-state index contributed by atoms with van der Waals surface area (Å²) in [5.74, 6) is 0.804. The van der Waals surface area contributed by atoms with E-state index >= 15 is 0 Å². The molecule has 0 amide bonds. The largest absolute Gasteiger partial charge is 0.374 e. The van der Waals surface area contributed by atoms with Crippen molar-refractivity contribution in [3.8, 4) is 0 Å². The number of anilines is 1. The molecule has 6 nitrogen and oxygen atoms in total. The van der Waals surface area contributed by atoms with Crippen molar-refractivity contribution >= 4 is 11.5 Å². The molecule has 1 heterocycles. The smallest absolute Gasteiger partial charge is 0.366 e. The molecule has 0 aromatic carbocycles. The van der Waals surface area contributed by atoms with Crippen LogP contribution in [0.5, 0.6) is 0 Å². The van der Waals surface area contributed by atoms with Gasteiger partial charge >= 0.3 is 5.82 Å². The molecule has 0 saturated heterocycles. The van der Waals surface area contributed by atoms with Crippen molar-refractivity contribution in [2.24, 2.45) is 5.92 Å². The average molecular weight is 252 g/mol. The van der Waals surface area contributed by atoms with Crippen LogP contribution in [0.15, 0.2) is 6.20 Å². The Kier molecular flexibility index (Phi) is 4.17. The molecular formula is C12H20N4O2. The maximum Gasteiger partial charge on any atom is 0.366 e. The van der Waals surface area contributed by atoms with Crippen molar-refractivity contribution in [2.75, 3.05) is 5.32 Å². The van der Waals surface area contributed by atoms with E-state index in [4.69, 9.17) is 0 Å². The van der Waals surface area contributed by atoms with Gasteiger partial charge < -0.3 is 15.4 Å². The first-order valence-electron chi connectivity index (χ1n) is 6.65. The minimum absolute atomic E-state index is 0.0364. The summed E-state index contributed by atoms with van der Waals surface area (Å²) < 4.78 is 0. The zero-order valence-corrected chi connectivity index (χ0v) is 10.7. The van der Waals surface area contributed by atoms with Crippen LogP contribution >= 0.6 is 0 Å². The van der Waals surface area contributed by atoms with Gasteiger partial charge in [0.1, 0.15) is 6.20 Å². The second-order valence-electron chi connectivity index (χ2n) is 5.04. The molecule has 0 unspecified atom stereocenters. The zero-order valence-electron chi connectivity index (χ0n) is 10.7. The van der Waals surface area contributed by atoms with Gasteiger partial charge in [0.2, 0.25) is 0 Å². The van der Waals surface area contributed by atoms with Crippen LogP contribution in [-0.2, 0) is 0 Å². The van der Waals surface area contributed by atoms with Gasteiger partial charge in [-0.15, -0.1) is 5.10 Å². The Morgan fingerprint density at radius 2 is 2.22 bits per heavy atom. The number of nitrogens with zero attached hydrogens (tertiary/aromatic N) is 2. The predicted molar refractivity (Wildman–Crippen MR) is 69.5 cm³/mol. The van der Waals surface area contributed by atoms with Gasteiger partial charge in [0.05, 0.1) is 0 Å². The molecule has 0 aliphatic heterocycles. The number of aromatic nitrogens is 2. The Bertz CT molecular complexity index is 397. The molecule has 1 aromatic rings. The quantitative estimate of drug-likeness (QED) is 0.623. The van der Waals surface area contributed by atoms with Gasteiger partial charge in [-0.25, -0.2) is 0 Å². The molecule has 1 aliphatic rings. The second kappa shape index (κ2) is 5.84. The third-order valence-corrected chi connectivity index (χ3v) is 3.71. The average Bonchev–Trinajstić information content (AvgIpc) is 2.80. The minimum atomic E-state index is -0.432. The van der Waals surface area contributed by atoms with Crippen molar-refractivity contribution in [1.82, 2.24) is 10.2 Å². The molecule has 100 valence electrons. The van der Waals surface area contributed by atoms with E-state index in [0.29, 0.717) is 11.7 Å². The van der Waals surface area contributed by atoms with E-state index in [-0.39, 0.29) is 5.82 Å². The maximum atomic E-state index is 10.8. The van der Waals surface area contributed by atoms with Crippen LogP contribution in [0.1, 0.15) is 45.4 Å². The molecule has 1 fully saturated rings. The molecule has 0 atom stereocenters. The number of aromatic amines is 1. The van der Waals surface area contributed by atoms with Crippen molar-refractivity contribution < 1.29 is 4.92 Å². The number of hydrogen-bond donors (Lipinski definition) is 2. The summed E-state index contributed by atoms with van der Waals surface area (Å²) in [5, 5.41) is 20.1. The Morgan fingerprint density at radius 1 is 1.50 bits per heavy atom. The van der Waals surface area contributed by atoms with Gasteiger partial charge in [0.25, 0.3) is 0 Å². The lowest BCUT2D eigenvalue weighted by atomic mass is 9.83. The van der Waals surface area contributed by atoms with Crippen LogP contribution in [0.2, 0.25) is 0 Å². The van der Waals surface area contributed by atoms with Crippen LogP contribution in [0.4, 0.5) is 11.5 Å². The van der Waals surface area contributed by atoms with E-state index in [1.165, 1.54) is 31.9 Å². The van der Waals surface area contributed by atoms with Gasteiger partial charge in [-0.1, -0.05) is 24.9 Å². The molecule has 2 N–H and O–H groups in total. The van der Waals surface area contributed by atoms with Gasteiger partial charge in [-0.05, 0) is 36.5 Å². The molecular weight excluding hydrogens is 232 g/mol. The summed E-state index contributed by atoms with van der Waals surface area (Å²) in [6.45, 7) is 2.22. The van der Waals surface area contributed by atoms with Gasteiger partial charge in [0.15, 0.2) is 5.69 Å². The van der Waals surface area contributed by atoms with Crippen LogP contribution < -0.4 is 5.32 Å². The Hall–Kier alpha value is -1.59. The third-order valence-electron chi connectivity index (χ3n) is 3.71. The van der Waals surface area contributed by atoms with Crippen molar-refractivity contribution in [3.05, 3.63) is 16.3 Å². The molecule has 0 spiro atoms. The van der Waals surface area contributed by atoms with Crippen LogP contribution in [0.25, 0.3) is 0 Å². The molecule has 6 heteroatoms. The fraction of sp³-hybridized carbons (Fsp3) is 0.750. The molecule has 0 radical (unpaired) electrons. The molecule has 1 aromatic heterocycles. The normalized spacial score (nSPS) is 23.8. The maximum absolute atomic E-state index is 10.8. The Labute approximate surface area is 106 Å². The number of nitrogens with one attached hydrogen (secondary N) is 2. The van der Waals surface area contributed by atoms with Crippen molar-refractivity contribution in [1.29, 1.82) is 0 Å².